The maximum absolute atomic E-state index is 11.9. The highest BCUT2D eigenvalue weighted by Gasteiger charge is 2.20. The molecule has 4 heteroatoms. The predicted octanol–water partition coefficient (Wildman–Crippen LogP) is 1.03. The van der Waals surface area contributed by atoms with Crippen LogP contribution < -0.4 is 10.7 Å². The molecule has 0 spiro atoms. The summed E-state index contributed by atoms with van der Waals surface area (Å²) in [5, 5.41) is 2.44. The summed E-state index contributed by atoms with van der Waals surface area (Å²) >= 11 is 0. The van der Waals surface area contributed by atoms with Crippen LogP contribution >= 0.6 is 0 Å². The second kappa shape index (κ2) is 3.88. The van der Waals surface area contributed by atoms with Crippen molar-refractivity contribution in [3.63, 3.8) is 0 Å². The number of hydrogen-bond acceptors (Lipinski definition) is 2. The summed E-state index contributed by atoms with van der Waals surface area (Å²) in [4.78, 5) is 26.1. The lowest BCUT2D eigenvalue weighted by molar-refractivity contribution is 0.0961. The molecule has 0 bridgehead atoms. The molecule has 0 aromatic carbocycles. The first-order valence-electron chi connectivity index (χ1n) is 4.81. The van der Waals surface area contributed by atoms with E-state index in [-0.39, 0.29) is 22.3 Å². The monoisotopic (exact) mass is 208 g/mol. The molecule has 0 radical (unpaired) electrons. The van der Waals surface area contributed by atoms with E-state index in [1.54, 1.807) is 6.20 Å². The first-order chi connectivity index (χ1) is 6.88. The van der Waals surface area contributed by atoms with Gasteiger partial charge in [-0.25, -0.2) is 0 Å². The van der Waals surface area contributed by atoms with E-state index in [0.29, 0.717) is 5.56 Å². The van der Waals surface area contributed by atoms with Crippen molar-refractivity contribution < 1.29 is 4.79 Å². The normalized spacial score (nSPS) is 11.2. The Morgan fingerprint density at radius 3 is 2.40 bits per heavy atom. The molecule has 0 saturated carbocycles. The second-order valence-corrected chi connectivity index (χ2v) is 4.44. The highest BCUT2D eigenvalue weighted by atomic mass is 16.2. The number of aromatic amines is 1. The quantitative estimate of drug-likeness (QED) is 0.724. The minimum Gasteiger partial charge on any atom is -0.366 e. The number of hydrogen-bond donors (Lipinski definition) is 2. The zero-order chi connectivity index (χ0) is 11.6. The van der Waals surface area contributed by atoms with Crippen LogP contribution in [0.2, 0.25) is 0 Å². The molecular weight excluding hydrogens is 192 g/mol. The van der Waals surface area contributed by atoms with Crippen LogP contribution in [0.3, 0.4) is 0 Å². The van der Waals surface area contributed by atoms with Crippen molar-refractivity contribution in [2.45, 2.75) is 26.2 Å². The highest BCUT2D eigenvalue weighted by molar-refractivity contribution is 5.93. The molecule has 1 heterocycles. The van der Waals surface area contributed by atoms with E-state index in [1.807, 2.05) is 20.8 Å². The molecule has 0 aliphatic rings. The number of amides is 1. The summed E-state index contributed by atoms with van der Waals surface area (Å²) in [5.41, 5.74) is 0.298. The summed E-state index contributed by atoms with van der Waals surface area (Å²) < 4.78 is 0. The molecule has 4 nitrogen and oxygen atoms in total. The molecule has 1 aromatic rings. The van der Waals surface area contributed by atoms with Gasteiger partial charge < -0.3 is 10.3 Å². The second-order valence-electron chi connectivity index (χ2n) is 4.44. The molecule has 0 fully saturated rings. The van der Waals surface area contributed by atoms with Gasteiger partial charge in [0.25, 0.3) is 5.91 Å². The molecule has 0 aliphatic heterocycles. The minimum absolute atomic E-state index is 0.157. The van der Waals surface area contributed by atoms with E-state index in [4.69, 9.17) is 0 Å². The van der Waals surface area contributed by atoms with E-state index in [1.165, 1.54) is 13.2 Å². The summed E-state index contributed by atoms with van der Waals surface area (Å²) in [7, 11) is 1.51. The van der Waals surface area contributed by atoms with Gasteiger partial charge in [0, 0.05) is 25.0 Å². The third kappa shape index (κ3) is 2.26. The van der Waals surface area contributed by atoms with Crippen LogP contribution in [-0.4, -0.2) is 17.9 Å². The molecule has 1 rings (SSSR count). The van der Waals surface area contributed by atoms with Crippen LogP contribution in [0.15, 0.2) is 17.2 Å². The van der Waals surface area contributed by atoms with Crippen molar-refractivity contribution in [3.05, 3.63) is 33.7 Å². The Hall–Kier alpha value is -1.58. The van der Waals surface area contributed by atoms with Crippen LogP contribution in [-0.2, 0) is 5.41 Å². The van der Waals surface area contributed by atoms with Crippen molar-refractivity contribution in [2.24, 2.45) is 0 Å². The molecule has 1 aromatic heterocycles. The molecule has 0 aliphatic carbocycles. The third-order valence-electron chi connectivity index (χ3n) is 2.22. The number of rotatable bonds is 1. The number of carbonyl (C=O) groups excluding carboxylic acids is 1. The first kappa shape index (κ1) is 11.5. The van der Waals surface area contributed by atoms with Gasteiger partial charge in [-0.3, -0.25) is 9.59 Å². The SMILES string of the molecule is CNC(=O)c1c[nH]cc(C(C)(C)C)c1=O. The Kier molecular flexibility index (Phi) is 2.98. The van der Waals surface area contributed by atoms with Gasteiger partial charge in [-0.1, -0.05) is 20.8 Å². The highest BCUT2D eigenvalue weighted by Crippen LogP contribution is 2.17. The van der Waals surface area contributed by atoms with E-state index < -0.39 is 0 Å². The topological polar surface area (TPSA) is 62.0 Å². The number of pyridine rings is 1. The van der Waals surface area contributed by atoms with Crippen molar-refractivity contribution in [1.29, 1.82) is 0 Å². The minimum atomic E-state index is -0.359. The Morgan fingerprint density at radius 2 is 1.93 bits per heavy atom. The Balaban J connectivity index is 3.37. The smallest absolute Gasteiger partial charge is 0.256 e. The first-order valence-corrected chi connectivity index (χ1v) is 4.81. The largest absolute Gasteiger partial charge is 0.366 e. The molecule has 1 amide bonds. The van der Waals surface area contributed by atoms with Crippen molar-refractivity contribution in [1.82, 2.24) is 10.3 Å². The fourth-order valence-corrected chi connectivity index (χ4v) is 1.34. The maximum atomic E-state index is 11.9. The van der Waals surface area contributed by atoms with Crippen molar-refractivity contribution in [3.8, 4) is 0 Å². The van der Waals surface area contributed by atoms with Gasteiger partial charge in [-0.15, -0.1) is 0 Å². The van der Waals surface area contributed by atoms with Crippen LogP contribution in [0.4, 0.5) is 0 Å². The lowest BCUT2D eigenvalue weighted by Crippen LogP contribution is -2.31. The van der Waals surface area contributed by atoms with Gasteiger partial charge in [0.15, 0.2) is 5.43 Å². The molecule has 0 unspecified atom stereocenters. The lowest BCUT2D eigenvalue weighted by atomic mass is 9.87. The Morgan fingerprint density at radius 1 is 1.33 bits per heavy atom. The van der Waals surface area contributed by atoms with Gasteiger partial charge in [-0.05, 0) is 5.41 Å². The van der Waals surface area contributed by atoms with E-state index in [9.17, 15) is 9.59 Å². The summed E-state index contributed by atoms with van der Waals surface area (Å²) in [6.07, 6.45) is 3.07. The maximum Gasteiger partial charge on any atom is 0.256 e. The van der Waals surface area contributed by atoms with E-state index >= 15 is 0 Å². The number of aromatic nitrogens is 1. The van der Waals surface area contributed by atoms with Gasteiger partial charge in [0.1, 0.15) is 5.56 Å². The fourth-order valence-electron chi connectivity index (χ4n) is 1.34. The van der Waals surface area contributed by atoms with E-state index in [2.05, 4.69) is 10.3 Å². The summed E-state index contributed by atoms with van der Waals surface area (Å²) in [5.74, 6) is -0.359. The van der Waals surface area contributed by atoms with Crippen LogP contribution in [0.5, 0.6) is 0 Å². The average molecular weight is 208 g/mol. The molecule has 82 valence electrons. The zero-order valence-corrected chi connectivity index (χ0v) is 9.47. The van der Waals surface area contributed by atoms with Crippen molar-refractivity contribution in [2.75, 3.05) is 7.05 Å². The third-order valence-corrected chi connectivity index (χ3v) is 2.22. The molecule has 0 saturated heterocycles. The Bertz CT molecular complexity index is 427. The van der Waals surface area contributed by atoms with Gasteiger partial charge in [0.2, 0.25) is 0 Å². The average Bonchev–Trinajstić information content (AvgIpc) is 2.15. The van der Waals surface area contributed by atoms with Crippen LogP contribution in [0, 0.1) is 0 Å². The molecule has 2 N–H and O–H groups in total. The molecule has 0 atom stereocenters. The van der Waals surface area contributed by atoms with Crippen LogP contribution in [0.25, 0.3) is 0 Å². The van der Waals surface area contributed by atoms with Gasteiger partial charge in [-0.2, -0.15) is 0 Å². The molecular formula is C11H16N2O2. The number of carbonyl (C=O) groups is 1. The zero-order valence-electron chi connectivity index (χ0n) is 9.47. The van der Waals surface area contributed by atoms with Gasteiger partial charge in [0.05, 0.1) is 0 Å². The Labute approximate surface area is 88.7 Å². The van der Waals surface area contributed by atoms with Crippen LogP contribution in [0.1, 0.15) is 36.7 Å². The summed E-state index contributed by atoms with van der Waals surface area (Å²) in [6.45, 7) is 5.81. The predicted molar refractivity (Wildman–Crippen MR) is 59.2 cm³/mol. The number of nitrogens with one attached hydrogen (secondary N) is 2. The number of H-pyrrole nitrogens is 1. The fraction of sp³-hybridized carbons (Fsp3) is 0.455. The standard InChI is InChI=1S/C11H16N2O2/c1-11(2,3)8-6-13-5-7(9(8)14)10(15)12-4/h5-6H,1-4H3,(H,12,15)(H,13,14). The lowest BCUT2D eigenvalue weighted by Gasteiger charge is -2.18. The van der Waals surface area contributed by atoms with E-state index in [0.717, 1.165) is 0 Å². The van der Waals surface area contributed by atoms with Gasteiger partial charge >= 0.3 is 0 Å². The van der Waals surface area contributed by atoms with Crippen molar-refractivity contribution >= 4 is 5.91 Å². The molecule has 15 heavy (non-hydrogen) atoms. The summed E-state index contributed by atoms with van der Waals surface area (Å²) in [6, 6.07) is 0.